The van der Waals surface area contributed by atoms with Gasteiger partial charge >= 0.3 is 0 Å². The van der Waals surface area contributed by atoms with Crippen molar-refractivity contribution in [2.24, 2.45) is 11.7 Å². The van der Waals surface area contributed by atoms with Crippen LogP contribution in [-0.2, 0) is 0 Å². The summed E-state index contributed by atoms with van der Waals surface area (Å²) in [5.41, 5.74) is 6.69. The van der Waals surface area contributed by atoms with E-state index < -0.39 is 0 Å². The summed E-state index contributed by atoms with van der Waals surface area (Å²) in [5.74, 6) is 0.501. The third-order valence-electron chi connectivity index (χ3n) is 4.19. The van der Waals surface area contributed by atoms with Gasteiger partial charge in [-0.3, -0.25) is 0 Å². The highest BCUT2D eigenvalue weighted by molar-refractivity contribution is 4.91. The third-order valence-corrected chi connectivity index (χ3v) is 4.19. The molecule has 18 heavy (non-hydrogen) atoms. The van der Waals surface area contributed by atoms with Crippen LogP contribution in [-0.4, -0.2) is 17.3 Å². The average molecular weight is 257 g/mol. The van der Waals surface area contributed by atoms with Crippen LogP contribution in [0.4, 0.5) is 0 Å². The van der Waals surface area contributed by atoms with Crippen molar-refractivity contribution in [2.45, 2.75) is 90.5 Å². The molecule has 0 aromatic heterocycles. The highest BCUT2D eigenvalue weighted by Crippen LogP contribution is 2.33. The first kappa shape index (κ1) is 17.9. The second-order valence-corrected chi connectivity index (χ2v) is 5.79. The molecule has 0 aliphatic heterocycles. The molecule has 2 nitrogen and oxygen atoms in total. The molecule has 0 bridgehead atoms. The van der Waals surface area contributed by atoms with E-state index in [9.17, 15) is 5.11 Å². The molecule has 1 atom stereocenters. The molecule has 1 unspecified atom stereocenters. The molecule has 0 aromatic carbocycles. The molecule has 0 aliphatic carbocycles. The van der Waals surface area contributed by atoms with Crippen LogP contribution in [0.2, 0.25) is 0 Å². The van der Waals surface area contributed by atoms with Crippen LogP contribution in [0.5, 0.6) is 0 Å². The average Bonchev–Trinajstić information content (AvgIpc) is 2.38. The summed E-state index contributed by atoms with van der Waals surface area (Å²) in [7, 11) is 0. The Bertz CT molecular complexity index is 174. The second kappa shape index (κ2) is 10.8. The highest BCUT2D eigenvalue weighted by Gasteiger charge is 2.32. The van der Waals surface area contributed by atoms with Gasteiger partial charge in [0.2, 0.25) is 0 Å². The van der Waals surface area contributed by atoms with E-state index in [1.165, 1.54) is 44.9 Å². The fourth-order valence-corrected chi connectivity index (χ4v) is 2.87. The Hall–Kier alpha value is -0.0800. The minimum atomic E-state index is -0.0378. The fraction of sp³-hybridized carbons (Fsp3) is 1.00. The summed E-state index contributed by atoms with van der Waals surface area (Å²) in [4.78, 5) is 0. The third kappa shape index (κ3) is 6.75. The summed E-state index contributed by atoms with van der Waals surface area (Å²) in [6, 6.07) is 0. The Morgan fingerprint density at radius 1 is 0.889 bits per heavy atom. The molecule has 0 radical (unpaired) electrons. The monoisotopic (exact) mass is 257 g/mol. The maximum Gasteiger partial charge on any atom is 0.0434 e. The van der Waals surface area contributed by atoms with Gasteiger partial charge in [0.05, 0.1) is 0 Å². The minimum Gasteiger partial charge on any atom is -0.396 e. The normalized spacial score (nSPS) is 13.8. The topological polar surface area (TPSA) is 46.2 Å². The molecule has 0 aliphatic rings. The predicted molar refractivity (Wildman–Crippen MR) is 80.7 cm³/mol. The largest absolute Gasteiger partial charge is 0.396 e. The number of aliphatic hydroxyl groups is 1. The lowest BCUT2D eigenvalue weighted by atomic mass is 9.73. The molecule has 0 aromatic rings. The van der Waals surface area contributed by atoms with Gasteiger partial charge in [0, 0.05) is 12.1 Å². The predicted octanol–water partition coefficient (Wildman–Crippen LogP) is 4.25. The van der Waals surface area contributed by atoms with Crippen LogP contribution >= 0.6 is 0 Å². The molecule has 0 fully saturated rings. The number of unbranched alkanes of at least 4 members (excludes halogenated alkanes) is 3. The van der Waals surface area contributed by atoms with Crippen molar-refractivity contribution in [1.29, 1.82) is 0 Å². The molecule has 0 saturated carbocycles. The zero-order valence-corrected chi connectivity index (χ0v) is 12.9. The first-order valence-corrected chi connectivity index (χ1v) is 8.04. The van der Waals surface area contributed by atoms with E-state index in [1.807, 2.05) is 0 Å². The lowest BCUT2D eigenvalue weighted by molar-refractivity contribution is 0.160. The Morgan fingerprint density at radius 3 is 1.78 bits per heavy atom. The van der Waals surface area contributed by atoms with Crippen LogP contribution in [0, 0.1) is 5.92 Å². The van der Waals surface area contributed by atoms with E-state index in [-0.39, 0.29) is 12.1 Å². The van der Waals surface area contributed by atoms with E-state index in [0.29, 0.717) is 5.92 Å². The molecular weight excluding hydrogens is 222 g/mol. The summed E-state index contributed by atoms with van der Waals surface area (Å²) < 4.78 is 0. The molecule has 3 N–H and O–H groups in total. The van der Waals surface area contributed by atoms with E-state index in [2.05, 4.69) is 20.8 Å². The van der Waals surface area contributed by atoms with Crippen molar-refractivity contribution >= 4 is 0 Å². The lowest BCUT2D eigenvalue weighted by Crippen LogP contribution is -2.47. The van der Waals surface area contributed by atoms with E-state index in [4.69, 9.17) is 5.73 Å². The van der Waals surface area contributed by atoms with Crippen LogP contribution < -0.4 is 5.73 Å². The molecule has 0 saturated heterocycles. The van der Waals surface area contributed by atoms with Gasteiger partial charge in [-0.1, -0.05) is 59.3 Å². The molecule has 0 heterocycles. The van der Waals surface area contributed by atoms with Crippen LogP contribution in [0.1, 0.15) is 85.0 Å². The van der Waals surface area contributed by atoms with Gasteiger partial charge in [-0.2, -0.15) is 0 Å². The highest BCUT2D eigenvalue weighted by atomic mass is 16.3. The number of aliphatic hydroxyl groups excluding tert-OH is 1. The summed E-state index contributed by atoms with van der Waals surface area (Å²) in [5, 5.41) is 9.29. The van der Waals surface area contributed by atoms with Gasteiger partial charge in [-0.05, 0) is 31.6 Å². The molecule has 0 rings (SSSR count). The molecular formula is C16H35NO. The van der Waals surface area contributed by atoms with E-state index >= 15 is 0 Å². The summed E-state index contributed by atoms with van der Waals surface area (Å²) in [6.07, 6.45) is 11.6. The SMILES string of the molecule is CCCCC(CCO)C(N)(CCCC)CCCC. The number of rotatable bonds is 12. The zero-order chi connectivity index (χ0) is 13.9. The van der Waals surface area contributed by atoms with Crippen LogP contribution in [0.25, 0.3) is 0 Å². The van der Waals surface area contributed by atoms with Gasteiger partial charge < -0.3 is 10.8 Å². The lowest BCUT2D eigenvalue weighted by Gasteiger charge is -2.38. The van der Waals surface area contributed by atoms with Gasteiger partial charge in [-0.15, -0.1) is 0 Å². The fourth-order valence-electron chi connectivity index (χ4n) is 2.87. The Labute approximate surface area is 114 Å². The van der Waals surface area contributed by atoms with Crippen molar-refractivity contribution in [3.8, 4) is 0 Å². The first-order chi connectivity index (χ1) is 8.64. The maximum atomic E-state index is 9.29. The van der Waals surface area contributed by atoms with Crippen molar-refractivity contribution in [3.63, 3.8) is 0 Å². The van der Waals surface area contributed by atoms with Crippen molar-refractivity contribution in [1.82, 2.24) is 0 Å². The maximum absolute atomic E-state index is 9.29. The quantitative estimate of drug-likeness (QED) is 0.549. The van der Waals surface area contributed by atoms with Crippen molar-refractivity contribution < 1.29 is 5.11 Å². The number of hydrogen-bond acceptors (Lipinski definition) is 2. The Morgan fingerprint density at radius 2 is 1.39 bits per heavy atom. The van der Waals surface area contributed by atoms with Crippen LogP contribution in [0.3, 0.4) is 0 Å². The molecule has 0 spiro atoms. The zero-order valence-electron chi connectivity index (χ0n) is 12.9. The standard InChI is InChI=1S/C16H35NO/c1-4-7-10-15(11-14-18)16(17,12-8-5-2)13-9-6-3/h15,18H,4-14,17H2,1-3H3. The van der Waals surface area contributed by atoms with E-state index in [0.717, 1.165) is 19.3 Å². The summed E-state index contributed by atoms with van der Waals surface area (Å²) >= 11 is 0. The smallest absolute Gasteiger partial charge is 0.0434 e. The van der Waals surface area contributed by atoms with Gasteiger partial charge in [0.25, 0.3) is 0 Å². The van der Waals surface area contributed by atoms with Crippen molar-refractivity contribution in [2.75, 3.05) is 6.61 Å². The first-order valence-electron chi connectivity index (χ1n) is 8.04. The van der Waals surface area contributed by atoms with Gasteiger partial charge in [-0.25, -0.2) is 0 Å². The molecule has 2 heteroatoms. The van der Waals surface area contributed by atoms with Crippen LogP contribution in [0.15, 0.2) is 0 Å². The van der Waals surface area contributed by atoms with Gasteiger partial charge in [0.15, 0.2) is 0 Å². The Balaban J connectivity index is 4.59. The van der Waals surface area contributed by atoms with Gasteiger partial charge in [0.1, 0.15) is 0 Å². The molecule has 110 valence electrons. The Kier molecular flexibility index (Phi) is 10.8. The van der Waals surface area contributed by atoms with Crippen molar-refractivity contribution in [3.05, 3.63) is 0 Å². The second-order valence-electron chi connectivity index (χ2n) is 5.79. The molecule has 0 amide bonds. The number of nitrogens with two attached hydrogens (primary N) is 1. The summed E-state index contributed by atoms with van der Waals surface area (Å²) in [6.45, 7) is 6.97. The minimum absolute atomic E-state index is 0.0378. The van der Waals surface area contributed by atoms with E-state index in [1.54, 1.807) is 0 Å². The number of hydrogen-bond donors (Lipinski definition) is 2.